The van der Waals surface area contributed by atoms with Crippen molar-refractivity contribution in [3.05, 3.63) is 34.6 Å². The average Bonchev–Trinajstić information content (AvgIpc) is 3.08. The van der Waals surface area contributed by atoms with Crippen LogP contribution in [-0.2, 0) is 4.79 Å². The van der Waals surface area contributed by atoms with Gasteiger partial charge in [0.1, 0.15) is 0 Å². The minimum atomic E-state index is -0.892. The van der Waals surface area contributed by atoms with E-state index < -0.39 is 17.2 Å². The number of amides is 3. The molecule has 3 rings (SSSR count). The topological polar surface area (TPSA) is 107 Å². The van der Waals surface area contributed by atoms with Gasteiger partial charge < -0.3 is 5.73 Å². The molecule has 0 saturated heterocycles. The fraction of sp³-hybridized carbons (Fsp3) is 0.412. The number of aromatic nitrogens is 2. The Kier molecular flexibility index (Phi) is 5.08. The van der Waals surface area contributed by atoms with E-state index in [2.05, 4.69) is 10.3 Å². The number of fused-ring (bicyclic) bond motifs is 1. The van der Waals surface area contributed by atoms with Crippen molar-refractivity contribution < 1.29 is 9.59 Å². The molecule has 1 atom stereocenters. The number of primary amides is 1. The predicted molar refractivity (Wildman–Crippen MR) is 96.6 cm³/mol. The zero-order valence-corrected chi connectivity index (χ0v) is 14.7. The molecular weight excluding hydrogens is 340 g/mol. The molecule has 1 aliphatic rings. The number of para-hydroxylation sites is 1. The van der Waals surface area contributed by atoms with Crippen LogP contribution in [0.5, 0.6) is 0 Å². The molecule has 1 heterocycles. The van der Waals surface area contributed by atoms with E-state index in [0.717, 1.165) is 25.7 Å². The van der Waals surface area contributed by atoms with Gasteiger partial charge in [-0.05, 0) is 31.9 Å². The van der Waals surface area contributed by atoms with Gasteiger partial charge in [0.05, 0.1) is 16.2 Å². The standard InChI is InChI=1S/C17H20N4O3S/c1-10(14(22)20-16(18)24)25-17-19-13-9-5-4-8-12(13)15(23)21(17)11-6-2-3-7-11/h4-5,8-11H,2-3,6-7H2,1H3,(H3,18,20,22,24)/t10-/m1/s1. The van der Waals surface area contributed by atoms with Gasteiger partial charge in [-0.25, -0.2) is 9.78 Å². The Balaban J connectivity index is 2.03. The van der Waals surface area contributed by atoms with Crippen molar-refractivity contribution in [3.8, 4) is 0 Å². The van der Waals surface area contributed by atoms with Gasteiger partial charge in [0, 0.05) is 6.04 Å². The molecule has 7 nitrogen and oxygen atoms in total. The number of rotatable bonds is 4. The molecule has 0 unspecified atom stereocenters. The molecule has 1 aliphatic carbocycles. The van der Waals surface area contributed by atoms with E-state index >= 15 is 0 Å². The Bertz CT molecular complexity index is 874. The van der Waals surface area contributed by atoms with E-state index in [4.69, 9.17) is 5.73 Å². The number of benzene rings is 1. The van der Waals surface area contributed by atoms with Crippen LogP contribution in [-0.4, -0.2) is 26.7 Å². The van der Waals surface area contributed by atoms with E-state index in [-0.39, 0.29) is 11.6 Å². The summed E-state index contributed by atoms with van der Waals surface area (Å²) in [6, 6.07) is 6.41. The van der Waals surface area contributed by atoms with E-state index in [1.165, 1.54) is 11.8 Å². The van der Waals surface area contributed by atoms with Crippen LogP contribution in [0.1, 0.15) is 38.6 Å². The Morgan fingerprint density at radius 3 is 2.68 bits per heavy atom. The fourth-order valence-electron chi connectivity index (χ4n) is 3.13. The first-order valence-electron chi connectivity index (χ1n) is 8.25. The molecule has 0 aliphatic heterocycles. The minimum Gasteiger partial charge on any atom is -0.351 e. The van der Waals surface area contributed by atoms with E-state index in [1.807, 2.05) is 12.1 Å². The van der Waals surface area contributed by atoms with Gasteiger partial charge in [0.2, 0.25) is 5.91 Å². The van der Waals surface area contributed by atoms with Crippen molar-refractivity contribution in [2.75, 3.05) is 0 Å². The van der Waals surface area contributed by atoms with Crippen molar-refractivity contribution in [3.63, 3.8) is 0 Å². The summed E-state index contributed by atoms with van der Waals surface area (Å²) in [5, 5.41) is 2.54. The second-order valence-corrected chi connectivity index (χ2v) is 7.45. The number of imide groups is 1. The third kappa shape index (κ3) is 3.68. The van der Waals surface area contributed by atoms with Crippen LogP contribution < -0.4 is 16.6 Å². The largest absolute Gasteiger partial charge is 0.351 e. The lowest BCUT2D eigenvalue weighted by molar-refractivity contribution is -0.119. The van der Waals surface area contributed by atoms with Crippen molar-refractivity contribution in [2.24, 2.45) is 5.73 Å². The van der Waals surface area contributed by atoms with Crippen molar-refractivity contribution in [2.45, 2.75) is 49.1 Å². The number of nitrogens with zero attached hydrogens (tertiary/aromatic N) is 2. The average molecular weight is 360 g/mol. The first-order valence-corrected chi connectivity index (χ1v) is 9.13. The first-order chi connectivity index (χ1) is 12.0. The number of nitrogens with two attached hydrogens (primary N) is 1. The van der Waals surface area contributed by atoms with E-state index in [1.54, 1.807) is 23.6 Å². The van der Waals surface area contributed by atoms with Crippen LogP contribution in [0.15, 0.2) is 34.2 Å². The summed E-state index contributed by atoms with van der Waals surface area (Å²) in [6.45, 7) is 1.66. The SMILES string of the molecule is C[C@@H](Sc1nc2ccccc2c(=O)n1C1CCCC1)C(=O)NC(N)=O. The van der Waals surface area contributed by atoms with Gasteiger partial charge in [-0.15, -0.1) is 0 Å². The third-order valence-electron chi connectivity index (χ3n) is 4.36. The molecule has 0 spiro atoms. The molecule has 1 aromatic heterocycles. The molecule has 132 valence electrons. The number of hydrogen-bond acceptors (Lipinski definition) is 5. The molecular formula is C17H20N4O3S. The monoisotopic (exact) mass is 360 g/mol. The molecule has 1 saturated carbocycles. The Hall–Kier alpha value is -2.35. The van der Waals surface area contributed by atoms with Gasteiger partial charge in [-0.3, -0.25) is 19.5 Å². The second-order valence-electron chi connectivity index (χ2n) is 6.14. The summed E-state index contributed by atoms with van der Waals surface area (Å²) >= 11 is 1.17. The van der Waals surface area contributed by atoms with Crippen molar-refractivity contribution >= 4 is 34.6 Å². The van der Waals surface area contributed by atoms with Gasteiger partial charge >= 0.3 is 6.03 Å². The zero-order chi connectivity index (χ0) is 18.0. The second kappa shape index (κ2) is 7.26. The number of nitrogens with one attached hydrogen (secondary N) is 1. The van der Waals surface area contributed by atoms with Crippen molar-refractivity contribution in [1.82, 2.24) is 14.9 Å². The van der Waals surface area contributed by atoms with Crippen LogP contribution in [0.2, 0.25) is 0 Å². The lowest BCUT2D eigenvalue weighted by atomic mass is 10.2. The zero-order valence-electron chi connectivity index (χ0n) is 13.9. The maximum atomic E-state index is 13.0. The number of urea groups is 1. The highest BCUT2D eigenvalue weighted by molar-refractivity contribution is 8.00. The van der Waals surface area contributed by atoms with Gasteiger partial charge in [0.25, 0.3) is 5.56 Å². The molecule has 0 bridgehead atoms. The molecule has 8 heteroatoms. The van der Waals surface area contributed by atoms with Crippen LogP contribution in [0.3, 0.4) is 0 Å². The van der Waals surface area contributed by atoms with Crippen LogP contribution in [0.4, 0.5) is 4.79 Å². The van der Waals surface area contributed by atoms with Gasteiger partial charge in [-0.2, -0.15) is 0 Å². The first kappa shape index (κ1) is 17.5. The third-order valence-corrected chi connectivity index (χ3v) is 5.43. The highest BCUT2D eigenvalue weighted by Crippen LogP contribution is 2.33. The molecule has 3 amide bonds. The van der Waals surface area contributed by atoms with E-state index in [0.29, 0.717) is 16.1 Å². The summed E-state index contributed by atoms with van der Waals surface area (Å²) in [5.41, 5.74) is 5.52. The normalized spacial score (nSPS) is 16.0. The molecule has 1 aromatic carbocycles. The van der Waals surface area contributed by atoms with Crippen LogP contribution in [0, 0.1) is 0 Å². The maximum Gasteiger partial charge on any atom is 0.318 e. The molecule has 25 heavy (non-hydrogen) atoms. The Morgan fingerprint density at radius 1 is 1.32 bits per heavy atom. The van der Waals surface area contributed by atoms with Crippen LogP contribution in [0.25, 0.3) is 10.9 Å². The number of carbonyl (C=O) groups is 2. The maximum absolute atomic E-state index is 13.0. The quantitative estimate of drug-likeness (QED) is 0.642. The summed E-state index contributed by atoms with van der Waals surface area (Å²) in [4.78, 5) is 40.5. The smallest absolute Gasteiger partial charge is 0.318 e. The summed E-state index contributed by atoms with van der Waals surface area (Å²) in [5.74, 6) is -0.502. The summed E-state index contributed by atoms with van der Waals surface area (Å²) in [6.07, 6.45) is 4.00. The van der Waals surface area contributed by atoms with Gasteiger partial charge in [-0.1, -0.05) is 36.7 Å². The Morgan fingerprint density at radius 2 is 2.00 bits per heavy atom. The highest BCUT2D eigenvalue weighted by Gasteiger charge is 2.25. The molecule has 3 N–H and O–H groups in total. The fourth-order valence-corrected chi connectivity index (χ4v) is 4.11. The summed E-state index contributed by atoms with van der Waals surface area (Å²) < 4.78 is 1.72. The molecule has 1 fully saturated rings. The Labute approximate surface area is 149 Å². The number of carbonyl (C=O) groups excluding carboxylic acids is 2. The predicted octanol–water partition coefficient (Wildman–Crippen LogP) is 2.19. The summed E-state index contributed by atoms with van der Waals surface area (Å²) in [7, 11) is 0. The molecule has 0 radical (unpaired) electrons. The van der Waals surface area contributed by atoms with Gasteiger partial charge in [0.15, 0.2) is 5.16 Å². The number of thioether (sulfide) groups is 1. The lowest BCUT2D eigenvalue weighted by Crippen LogP contribution is -2.39. The van der Waals surface area contributed by atoms with E-state index in [9.17, 15) is 14.4 Å². The highest BCUT2D eigenvalue weighted by atomic mass is 32.2. The lowest BCUT2D eigenvalue weighted by Gasteiger charge is -2.20. The van der Waals surface area contributed by atoms with Crippen molar-refractivity contribution in [1.29, 1.82) is 0 Å². The number of hydrogen-bond donors (Lipinski definition) is 2. The molecule has 2 aromatic rings. The minimum absolute atomic E-state index is 0.0810. The van der Waals surface area contributed by atoms with Crippen LogP contribution >= 0.6 is 11.8 Å².